The molecule has 0 bridgehead atoms. The van der Waals surface area contributed by atoms with Crippen LogP contribution in [0, 0.1) is 0 Å². The van der Waals surface area contributed by atoms with Gasteiger partial charge >= 0.3 is 0 Å². The van der Waals surface area contributed by atoms with E-state index in [-0.39, 0.29) is 6.54 Å². The molecule has 5 heteroatoms. The summed E-state index contributed by atoms with van der Waals surface area (Å²) in [4.78, 5) is 8.75. The van der Waals surface area contributed by atoms with Crippen LogP contribution in [0.2, 0.25) is 0 Å². The van der Waals surface area contributed by atoms with Gasteiger partial charge in [0.25, 0.3) is 0 Å². The fourth-order valence-electron chi connectivity index (χ4n) is 2.31. The highest BCUT2D eigenvalue weighted by Crippen LogP contribution is 2.25. The Morgan fingerprint density at radius 2 is 2.20 bits per heavy atom. The van der Waals surface area contributed by atoms with Crippen molar-refractivity contribution < 1.29 is 5.11 Å². The highest BCUT2D eigenvalue weighted by atomic mass is 16.3. The van der Waals surface area contributed by atoms with E-state index < -0.39 is 6.10 Å². The standard InChI is InChI=1S/C15H16N4O/c1-19-13-5-4-10(14(20)8-16)7-12(13)18-15(19)11-3-2-6-17-9-11/h2-7,9,14,20H,8,16H2,1H3. The van der Waals surface area contributed by atoms with E-state index in [1.807, 2.05) is 41.9 Å². The molecule has 0 saturated carbocycles. The maximum atomic E-state index is 9.81. The summed E-state index contributed by atoms with van der Waals surface area (Å²) in [5.41, 5.74) is 9.10. The summed E-state index contributed by atoms with van der Waals surface area (Å²) in [5.74, 6) is 0.854. The van der Waals surface area contributed by atoms with Crippen LogP contribution in [0.4, 0.5) is 0 Å². The van der Waals surface area contributed by atoms with E-state index >= 15 is 0 Å². The fraction of sp³-hybridized carbons (Fsp3) is 0.200. The first-order chi connectivity index (χ1) is 9.70. The molecule has 1 atom stereocenters. The van der Waals surface area contributed by atoms with Crippen molar-refractivity contribution in [2.45, 2.75) is 6.10 Å². The molecular formula is C15H16N4O. The van der Waals surface area contributed by atoms with Crippen molar-refractivity contribution in [1.82, 2.24) is 14.5 Å². The molecule has 2 heterocycles. The number of imidazole rings is 1. The van der Waals surface area contributed by atoms with Gasteiger partial charge in [-0.2, -0.15) is 0 Å². The maximum Gasteiger partial charge on any atom is 0.142 e. The van der Waals surface area contributed by atoms with Crippen molar-refractivity contribution in [1.29, 1.82) is 0 Å². The van der Waals surface area contributed by atoms with Crippen LogP contribution in [0.3, 0.4) is 0 Å². The Hall–Kier alpha value is -2.24. The summed E-state index contributed by atoms with van der Waals surface area (Å²) in [5, 5.41) is 9.81. The smallest absolute Gasteiger partial charge is 0.142 e. The lowest BCUT2D eigenvalue weighted by molar-refractivity contribution is 0.187. The van der Waals surface area contributed by atoms with Crippen LogP contribution in [-0.4, -0.2) is 26.2 Å². The molecule has 0 spiro atoms. The third-order valence-corrected chi connectivity index (χ3v) is 3.43. The zero-order valence-electron chi connectivity index (χ0n) is 11.2. The minimum absolute atomic E-state index is 0.202. The average molecular weight is 268 g/mol. The Bertz CT molecular complexity index is 736. The molecule has 2 aromatic heterocycles. The van der Waals surface area contributed by atoms with E-state index in [0.29, 0.717) is 0 Å². The van der Waals surface area contributed by atoms with Crippen LogP contribution in [-0.2, 0) is 7.05 Å². The predicted molar refractivity (Wildman–Crippen MR) is 78.0 cm³/mol. The number of nitrogens with two attached hydrogens (primary N) is 1. The second kappa shape index (κ2) is 5.03. The van der Waals surface area contributed by atoms with Gasteiger partial charge in [0.05, 0.1) is 17.1 Å². The Balaban J connectivity index is 2.15. The van der Waals surface area contributed by atoms with E-state index in [1.54, 1.807) is 12.4 Å². The topological polar surface area (TPSA) is 77.0 Å². The lowest BCUT2D eigenvalue weighted by Gasteiger charge is -2.07. The van der Waals surface area contributed by atoms with E-state index in [0.717, 1.165) is 28.0 Å². The Morgan fingerprint density at radius 3 is 2.90 bits per heavy atom. The summed E-state index contributed by atoms with van der Waals surface area (Å²) >= 11 is 0. The second-order valence-electron chi connectivity index (χ2n) is 4.74. The summed E-state index contributed by atoms with van der Waals surface area (Å²) in [6, 6.07) is 9.58. The number of aromatic nitrogens is 3. The van der Waals surface area contributed by atoms with Crippen molar-refractivity contribution in [3.8, 4) is 11.4 Å². The van der Waals surface area contributed by atoms with E-state index in [2.05, 4.69) is 9.97 Å². The summed E-state index contributed by atoms with van der Waals surface area (Å²) in [6.07, 6.45) is 2.88. The number of pyridine rings is 1. The van der Waals surface area contributed by atoms with Crippen molar-refractivity contribution in [3.63, 3.8) is 0 Å². The number of benzene rings is 1. The SMILES string of the molecule is Cn1c(-c2cccnc2)nc2cc(C(O)CN)ccc21. The predicted octanol–water partition coefficient (Wildman–Crippen LogP) is 1.63. The number of aliphatic hydroxyl groups excluding tert-OH is 1. The maximum absolute atomic E-state index is 9.81. The molecular weight excluding hydrogens is 252 g/mol. The Kier molecular flexibility index (Phi) is 3.22. The van der Waals surface area contributed by atoms with Crippen LogP contribution in [0.25, 0.3) is 22.4 Å². The fourth-order valence-corrected chi connectivity index (χ4v) is 2.31. The lowest BCUT2D eigenvalue weighted by atomic mass is 10.1. The monoisotopic (exact) mass is 268 g/mol. The van der Waals surface area contributed by atoms with Crippen LogP contribution < -0.4 is 5.73 Å². The third-order valence-electron chi connectivity index (χ3n) is 3.43. The first kappa shape index (κ1) is 12.8. The number of rotatable bonds is 3. The minimum Gasteiger partial charge on any atom is -0.387 e. The van der Waals surface area contributed by atoms with Gasteiger partial charge in [0.2, 0.25) is 0 Å². The van der Waals surface area contributed by atoms with Gasteiger partial charge in [-0.05, 0) is 29.8 Å². The van der Waals surface area contributed by atoms with E-state index in [4.69, 9.17) is 5.73 Å². The van der Waals surface area contributed by atoms with E-state index in [9.17, 15) is 5.11 Å². The third kappa shape index (κ3) is 2.07. The largest absolute Gasteiger partial charge is 0.387 e. The molecule has 0 radical (unpaired) electrons. The van der Waals surface area contributed by atoms with Gasteiger partial charge in [0.15, 0.2) is 0 Å². The quantitative estimate of drug-likeness (QED) is 0.757. The van der Waals surface area contributed by atoms with Gasteiger partial charge in [-0.1, -0.05) is 6.07 Å². The van der Waals surface area contributed by atoms with Gasteiger partial charge in [0.1, 0.15) is 5.82 Å². The van der Waals surface area contributed by atoms with Crippen LogP contribution in [0.1, 0.15) is 11.7 Å². The number of fused-ring (bicyclic) bond motifs is 1. The molecule has 1 aromatic carbocycles. The molecule has 0 saturated heterocycles. The average Bonchev–Trinajstić information content (AvgIpc) is 2.84. The number of aliphatic hydroxyl groups is 1. The van der Waals surface area contributed by atoms with Crippen molar-refractivity contribution in [3.05, 3.63) is 48.3 Å². The highest BCUT2D eigenvalue weighted by molar-refractivity contribution is 5.81. The Labute approximate surface area is 116 Å². The van der Waals surface area contributed by atoms with Crippen LogP contribution in [0.5, 0.6) is 0 Å². The van der Waals surface area contributed by atoms with Gasteiger partial charge in [-0.3, -0.25) is 4.98 Å². The van der Waals surface area contributed by atoms with Gasteiger partial charge in [0, 0.05) is 31.5 Å². The molecule has 0 aliphatic carbocycles. The number of nitrogens with zero attached hydrogens (tertiary/aromatic N) is 3. The summed E-state index contributed by atoms with van der Waals surface area (Å²) < 4.78 is 2.02. The first-order valence-electron chi connectivity index (χ1n) is 6.45. The minimum atomic E-state index is -0.650. The molecule has 3 aromatic rings. The van der Waals surface area contributed by atoms with Gasteiger partial charge in [-0.25, -0.2) is 4.98 Å². The van der Waals surface area contributed by atoms with Gasteiger partial charge in [-0.15, -0.1) is 0 Å². The molecule has 1 unspecified atom stereocenters. The molecule has 0 aliphatic heterocycles. The van der Waals surface area contributed by atoms with Crippen LogP contribution >= 0.6 is 0 Å². The van der Waals surface area contributed by atoms with Crippen molar-refractivity contribution in [2.75, 3.05) is 6.54 Å². The first-order valence-corrected chi connectivity index (χ1v) is 6.45. The molecule has 20 heavy (non-hydrogen) atoms. The highest BCUT2D eigenvalue weighted by Gasteiger charge is 2.12. The van der Waals surface area contributed by atoms with Crippen molar-refractivity contribution in [2.24, 2.45) is 12.8 Å². The molecule has 3 rings (SSSR count). The molecule has 3 N–H and O–H groups in total. The number of hydrogen-bond donors (Lipinski definition) is 2. The zero-order valence-corrected chi connectivity index (χ0v) is 11.2. The zero-order chi connectivity index (χ0) is 14.1. The molecule has 102 valence electrons. The number of aryl methyl sites for hydroxylation is 1. The van der Waals surface area contributed by atoms with Gasteiger partial charge < -0.3 is 15.4 Å². The lowest BCUT2D eigenvalue weighted by Crippen LogP contribution is -2.11. The normalized spacial score (nSPS) is 12.8. The van der Waals surface area contributed by atoms with Crippen LogP contribution in [0.15, 0.2) is 42.7 Å². The van der Waals surface area contributed by atoms with E-state index in [1.165, 1.54) is 0 Å². The number of hydrogen-bond acceptors (Lipinski definition) is 4. The summed E-state index contributed by atoms with van der Waals surface area (Å²) in [7, 11) is 1.97. The second-order valence-corrected chi connectivity index (χ2v) is 4.74. The Morgan fingerprint density at radius 1 is 1.35 bits per heavy atom. The summed E-state index contributed by atoms with van der Waals surface area (Å²) in [6.45, 7) is 0.202. The molecule has 5 nitrogen and oxygen atoms in total. The molecule has 0 aliphatic rings. The molecule has 0 amide bonds. The van der Waals surface area contributed by atoms with Crippen molar-refractivity contribution >= 4 is 11.0 Å². The molecule has 0 fully saturated rings.